The zero-order chi connectivity index (χ0) is 25.4. The van der Waals surface area contributed by atoms with Gasteiger partial charge < -0.3 is 15.5 Å². The van der Waals surface area contributed by atoms with E-state index in [9.17, 15) is 9.59 Å². The van der Waals surface area contributed by atoms with Gasteiger partial charge in [0.1, 0.15) is 0 Å². The maximum absolute atomic E-state index is 13.1. The predicted molar refractivity (Wildman–Crippen MR) is 147 cm³/mol. The zero-order valence-corrected chi connectivity index (χ0v) is 23.9. The number of halogens is 2. The molecule has 7 nitrogen and oxygen atoms in total. The molecule has 5 rings (SSSR count). The van der Waals surface area contributed by atoms with Gasteiger partial charge in [-0.25, -0.2) is 4.79 Å². The minimum absolute atomic E-state index is 0.0657. The molecule has 1 aliphatic carbocycles. The van der Waals surface area contributed by atoms with E-state index in [2.05, 4.69) is 61.9 Å². The van der Waals surface area contributed by atoms with E-state index < -0.39 is 0 Å². The third-order valence-corrected chi connectivity index (χ3v) is 9.04. The van der Waals surface area contributed by atoms with Crippen LogP contribution in [0.2, 0.25) is 0 Å². The minimum Gasteiger partial charge on any atom is -0.351 e. The van der Waals surface area contributed by atoms with Crippen LogP contribution in [0.15, 0.2) is 33.3 Å². The number of urea groups is 1. The van der Waals surface area contributed by atoms with Gasteiger partial charge >= 0.3 is 6.03 Å². The zero-order valence-electron chi connectivity index (χ0n) is 20.7. The number of nitrogens with two attached hydrogens (primary N) is 1. The average molecular weight is 619 g/mol. The molecule has 1 aromatic heterocycles. The SMILES string of the molecule is Cc1cc(Br)c2c(c1)CCc1cc(Br)cnc1[C@@H]2N1CCN(C(=O)CC2CCN(C(N)=O)CC2)CC1. The molecule has 0 unspecified atom stereocenters. The third-order valence-electron chi connectivity index (χ3n) is 7.95. The van der Waals surface area contributed by atoms with Crippen molar-refractivity contribution in [2.24, 2.45) is 11.7 Å². The second-order valence-corrected chi connectivity index (χ2v) is 12.1. The number of pyridine rings is 1. The van der Waals surface area contributed by atoms with Crippen LogP contribution in [0, 0.1) is 12.8 Å². The standard InChI is InChI=1S/C27H33Br2N5O2/c1-17-12-19-2-3-20-15-21(28)16-31-25(20)26(24(19)22(29)13-17)33-10-8-32(9-11-33)23(35)14-18-4-6-34(7-5-18)27(30)36/h12-13,15-16,18,26H,2-11,14H2,1H3,(H2,30,36)/t26-/m1/s1. The number of hydrogen-bond donors (Lipinski definition) is 1. The van der Waals surface area contributed by atoms with Crippen LogP contribution < -0.4 is 5.73 Å². The van der Waals surface area contributed by atoms with Crippen molar-refractivity contribution in [3.05, 3.63) is 61.3 Å². The maximum Gasteiger partial charge on any atom is 0.314 e. The van der Waals surface area contributed by atoms with Gasteiger partial charge in [-0.3, -0.25) is 14.7 Å². The summed E-state index contributed by atoms with van der Waals surface area (Å²) in [6.45, 7) is 6.52. The highest BCUT2D eigenvalue weighted by Crippen LogP contribution is 2.41. The molecule has 0 saturated carbocycles. The molecular formula is C27H33Br2N5O2. The number of benzene rings is 1. The number of nitrogens with zero attached hydrogens (tertiary/aromatic N) is 4. The lowest BCUT2D eigenvalue weighted by atomic mass is 9.92. The van der Waals surface area contributed by atoms with E-state index in [-0.39, 0.29) is 18.0 Å². The van der Waals surface area contributed by atoms with Gasteiger partial charge in [0.15, 0.2) is 0 Å². The van der Waals surface area contributed by atoms with Crippen molar-refractivity contribution in [2.75, 3.05) is 39.3 Å². The summed E-state index contributed by atoms with van der Waals surface area (Å²) < 4.78 is 2.15. The molecule has 2 fully saturated rings. The third kappa shape index (κ3) is 5.34. The van der Waals surface area contributed by atoms with Gasteiger partial charge in [-0.1, -0.05) is 22.0 Å². The number of amides is 3. The van der Waals surface area contributed by atoms with E-state index in [1.54, 1.807) is 4.90 Å². The van der Waals surface area contributed by atoms with Crippen LogP contribution in [0.25, 0.3) is 0 Å². The van der Waals surface area contributed by atoms with Crippen molar-refractivity contribution in [1.82, 2.24) is 19.7 Å². The van der Waals surface area contributed by atoms with E-state index in [1.165, 1.54) is 22.3 Å². The highest BCUT2D eigenvalue weighted by Gasteiger charge is 2.35. The monoisotopic (exact) mass is 617 g/mol. The van der Waals surface area contributed by atoms with Gasteiger partial charge in [0.2, 0.25) is 5.91 Å². The van der Waals surface area contributed by atoms with Gasteiger partial charge in [-0.2, -0.15) is 0 Å². The molecule has 3 aliphatic rings. The summed E-state index contributed by atoms with van der Waals surface area (Å²) in [6, 6.07) is 6.44. The van der Waals surface area contributed by atoms with Crippen LogP contribution in [0.5, 0.6) is 0 Å². The van der Waals surface area contributed by atoms with E-state index >= 15 is 0 Å². The summed E-state index contributed by atoms with van der Waals surface area (Å²) in [6.07, 6.45) is 6.11. The number of aryl methyl sites for hydroxylation is 3. The highest BCUT2D eigenvalue weighted by molar-refractivity contribution is 9.10. The molecule has 3 heterocycles. The number of piperazine rings is 1. The molecule has 1 aromatic carbocycles. The fraction of sp³-hybridized carbons (Fsp3) is 0.519. The summed E-state index contributed by atoms with van der Waals surface area (Å²) in [4.78, 5) is 35.6. The van der Waals surface area contributed by atoms with E-state index in [0.717, 1.165) is 66.5 Å². The van der Waals surface area contributed by atoms with Crippen molar-refractivity contribution < 1.29 is 9.59 Å². The molecular weight excluding hydrogens is 586 g/mol. The van der Waals surface area contributed by atoms with Gasteiger partial charge in [0.25, 0.3) is 0 Å². The molecule has 3 amide bonds. The Balaban J connectivity index is 1.31. The summed E-state index contributed by atoms with van der Waals surface area (Å²) in [5.41, 5.74) is 11.8. The first-order chi connectivity index (χ1) is 17.3. The fourth-order valence-corrected chi connectivity index (χ4v) is 7.21. The first kappa shape index (κ1) is 25.7. The molecule has 1 atom stereocenters. The van der Waals surface area contributed by atoms with Crippen molar-refractivity contribution >= 4 is 43.8 Å². The van der Waals surface area contributed by atoms with Crippen LogP contribution in [0.4, 0.5) is 4.79 Å². The lowest BCUT2D eigenvalue weighted by molar-refractivity contribution is -0.134. The Labute approximate surface area is 229 Å². The molecule has 0 radical (unpaired) electrons. The second-order valence-electron chi connectivity index (χ2n) is 10.3. The van der Waals surface area contributed by atoms with Crippen LogP contribution >= 0.6 is 31.9 Å². The van der Waals surface area contributed by atoms with Gasteiger partial charge in [-0.05, 0) is 88.8 Å². The van der Waals surface area contributed by atoms with E-state index in [0.29, 0.717) is 25.4 Å². The molecule has 0 bridgehead atoms. The van der Waals surface area contributed by atoms with Crippen molar-refractivity contribution in [1.29, 1.82) is 0 Å². The quantitative estimate of drug-likeness (QED) is 0.552. The van der Waals surface area contributed by atoms with Gasteiger partial charge in [0, 0.05) is 60.8 Å². The van der Waals surface area contributed by atoms with Crippen molar-refractivity contribution in [3.8, 4) is 0 Å². The molecule has 192 valence electrons. The number of carbonyl (C=O) groups is 2. The predicted octanol–water partition coefficient (Wildman–Crippen LogP) is 4.43. The summed E-state index contributed by atoms with van der Waals surface area (Å²) in [5, 5.41) is 0. The number of aromatic nitrogens is 1. The lowest BCUT2D eigenvalue weighted by Gasteiger charge is -2.40. The molecule has 2 aromatic rings. The molecule has 2 N–H and O–H groups in total. The van der Waals surface area contributed by atoms with Crippen LogP contribution in [0.3, 0.4) is 0 Å². The minimum atomic E-state index is -0.360. The van der Waals surface area contributed by atoms with E-state index in [4.69, 9.17) is 10.7 Å². The molecule has 9 heteroatoms. The number of fused-ring (bicyclic) bond motifs is 2. The van der Waals surface area contributed by atoms with Crippen LogP contribution in [-0.2, 0) is 17.6 Å². The Morgan fingerprint density at radius 2 is 1.67 bits per heavy atom. The largest absolute Gasteiger partial charge is 0.351 e. The number of rotatable bonds is 3. The number of hydrogen-bond acceptors (Lipinski definition) is 4. The maximum atomic E-state index is 13.1. The first-order valence-corrected chi connectivity index (χ1v) is 14.4. The first-order valence-electron chi connectivity index (χ1n) is 12.8. The van der Waals surface area contributed by atoms with Gasteiger partial charge in [-0.15, -0.1) is 0 Å². The number of primary amides is 1. The average Bonchev–Trinajstić information content (AvgIpc) is 3.01. The Morgan fingerprint density at radius 3 is 2.36 bits per heavy atom. The van der Waals surface area contributed by atoms with Crippen LogP contribution in [-0.4, -0.2) is 70.9 Å². The normalized spacial score (nSPS) is 21.0. The lowest BCUT2D eigenvalue weighted by Crippen LogP contribution is -2.50. The topological polar surface area (TPSA) is 82.8 Å². The smallest absolute Gasteiger partial charge is 0.314 e. The number of likely N-dealkylation sites (tertiary alicyclic amines) is 1. The molecule has 36 heavy (non-hydrogen) atoms. The summed E-state index contributed by atoms with van der Waals surface area (Å²) in [5.74, 6) is 0.557. The summed E-state index contributed by atoms with van der Waals surface area (Å²) >= 11 is 7.50. The second kappa shape index (κ2) is 10.8. The molecule has 2 aliphatic heterocycles. The van der Waals surface area contributed by atoms with Crippen LogP contribution in [0.1, 0.15) is 53.3 Å². The number of piperidine rings is 1. The van der Waals surface area contributed by atoms with E-state index in [1.807, 2.05) is 11.1 Å². The molecule has 0 spiro atoms. The Morgan fingerprint density at radius 1 is 0.972 bits per heavy atom. The van der Waals surface area contributed by atoms with Crippen molar-refractivity contribution in [2.45, 2.75) is 45.1 Å². The highest BCUT2D eigenvalue weighted by atomic mass is 79.9. The fourth-order valence-electron chi connectivity index (χ4n) is 6.00. The van der Waals surface area contributed by atoms with Crippen molar-refractivity contribution in [3.63, 3.8) is 0 Å². The summed E-state index contributed by atoms with van der Waals surface area (Å²) in [7, 11) is 0. The molecule has 2 saturated heterocycles. The number of carbonyl (C=O) groups excluding carboxylic acids is 2. The van der Waals surface area contributed by atoms with Gasteiger partial charge in [0.05, 0.1) is 11.7 Å². The Hall–Kier alpha value is -1.97. The Bertz CT molecular complexity index is 1160. The Kier molecular flexibility index (Phi) is 7.70.